The van der Waals surface area contributed by atoms with Crippen molar-refractivity contribution < 1.29 is 9.49 Å². The first-order chi connectivity index (χ1) is 5.15. The van der Waals surface area contributed by atoms with Gasteiger partial charge in [-0.05, 0) is 12.0 Å². The Morgan fingerprint density at radius 3 is 2.73 bits per heavy atom. The lowest BCUT2D eigenvalue weighted by Gasteiger charge is -1.97. The number of carbonyl (C=O) groups is 1. The molecule has 1 rings (SSSR count). The van der Waals surface area contributed by atoms with E-state index in [4.69, 9.17) is 0 Å². The van der Waals surface area contributed by atoms with Gasteiger partial charge in [-0.2, -0.15) is 0 Å². The van der Waals surface area contributed by atoms with Gasteiger partial charge in [0.25, 0.3) is 5.91 Å². The summed E-state index contributed by atoms with van der Waals surface area (Å²) in [6.45, 7) is 1.81. The summed E-state index contributed by atoms with van der Waals surface area (Å²) in [4.78, 5) is 11.1. The molecule has 0 saturated carbocycles. The Bertz CT molecular complexity index is 242. The monoisotopic (exact) mass is 153 g/mol. The molecule has 1 heterocycles. The molecular weight excluding hydrogens is 142 g/mol. The predicted octanol–water partition coefficient (Wildman–Crippen LogP) is 0.276. The number of rotatable bonds is 1. The first kappa shape index (κ1) is 7.91. The Morgan fingerprint density at radius 2 is 2.36 bits per heavy atom. The minimum Gasteiger partial charge on any atom is -0.355 e. The van der Waals surface area contributed by atoms with Crippen LogP contribution >= 0.6 is 0 Å². The third-order valence-corrected chi connectivity index (χ3v) is 1.49. The Hall–Kier alpha value is -1.19. The van der Waals surface area contributed by atoms with Crippen molar-refractivity contribution in [2.75, 3.05) is 14.1 Å². The number of nitrogens with zero attached hydrogens (tertiary/aromatic N) is 2. The van der Waals surface area contributed by atoms with Crippen LogP contribution < -0.4 is 5.32 Å². The van der Waals surface area contributed by atoms with Crippen LogP contribution in [-0.2, 0) is 4.79 Å². The Morgan fingerprint density at radius 1 is 1.73 bits per heavy atom. The van der Waals surface area contributed by atoms with Crippen LogP contribution in [-0.4, -0.2) is 24.7 Å². The van der Waals surface area contributed by atoms with Gasteiger partial charge in [-0.15, -0.1) is 0 Å². The van der Waals surface area contributed by atoms with Crippen molar-refractivity contribution >= 4 is 5.91 Å². The summed E-state index contributed by atoms with van der Waals surface area (Å²) in [7, 11) is 3.40. The second-order valence-corrected chi connectivity index (χ2v) is 2.38. The first-order valence-electron chi connectivity index (χ1n) is 3.37. The van der Waals surface area contributed by atoms with Crippen molar-refractivity contribution in [1.29, 1.82) is 0 Å². The molecule has 0 aliphatic carbocycles. The molecule has 4 nitrogen and oxygen atoms in total. The first-order valence-corrected chi connectivity index (χ1v) is 3.37. The highest BCUT2D eigenvalue weighted by Gasteiger charge is 2.27. The molecule has 0 spiro atoms. The maximum atomic E-state index is 11.1. The minimum atomic E-state index is -0.0874. The van der Waals surface area contributed by atoms with E-state index in [2.05, 4.69) is 10.4 Å². The molecule has 1 amide bonds. The zero-order chi connectivity index (χ0) is 8.43. The molecule has 0 atom stereocenters. The Labute approximate surface area is 65.6 Å². The summed E-state index contributed by atoms with van der Waals surface area (Å²) in [6, 6.07) is 0.756. The van der Waals surface area contributed by atoms with Crippen LogP contribution in [0.5, 0.6) is 0 Å². The van der Waals surface area contributed by atoms with Gasteiger partial charge in [-0.3, -0.25) is 4.79 Å². The van der Waals surface area contributed by atoms with Crippen LogP contribution in [0.4, 0.5) is 0 Å². The molecule has 0 saturated heterocycles. The number of likely N-dealkylation sites (N-methyl/N-ethyl adjacent to an activating group) is 1. The highest BCUT2D eigenvalue weighted by Crippen LogP contribution is 2.19. The van der Waals surface area contributed by atoms with Gasteiger partial charge in [0.05, 0.1) is 0 Å². The third kappa shape index (κ3) is 1.45. The van der Waals surface area contributed by atoms with E-state index in [0.29, 0.717) is 5.57 Å². The van der Waals surface area contributed by atoms with E-state index in [-0.39, 0.29) is 5.91 Å². The lowest BCUT2D eigenvalue weighted by atomic mass is 10.1. The maximum absolute atomic E-state index is 11.1. The largest absolute Gasteiger partial charge is 0.355 e. The van der Waals surface area contributed by atoms with Crippen LogP contribution in [0.25, 0.3) is 0 Å². The fourth-order valence-corrected chi connectivity index (χ4v) is 0.957. The van der Waals surface area contributed by atoms with Crippen molar-refractivity contribution in [3.63, 3.8) is 0 Å². The fourth-order valence-electron chi connectivity index (χ4n) is 0.957. The van der Waals surface area contributed by atoms with Gasteiger partial charge < -0.3 is 5.32 Å². The molecule has 1 aliphatic rings. The topological polar surface area (TPSA) is 44.5 Å². The van der Waals surface area contributed by atoms with Gasteiger partial charge in [-0.25, -0.2) is 0 Å². The number of nitrogens with one attached hydrogen (secondary N) is 1. The SMILES string of the molecule is CNC(=O)C1=C[N+](C)=N[C]1C. The lowest BCUT2D eigenvalue weighted by molar-refractivity contribution is -0.491. The second kappa shape index (κ2) is 2.82. The van der Waals surface area contributed by atoms with Gasteiger partial charge in [0.2, 0.25) is 6.20 Å². The van der Waals surface area contributed by atoms with Gasteiger partial charge in [0, 0.05) is 7.05 Å². The predicted molar refractivity (Wildman–Crippen MR) is 39.7 cm³/mol. The van der Waals surface area contributed by atoms with Crippen molar-refractivity contribution in [3.8, 4) is 0 Å². The average molecular weight is 153 g/mol. The van der Waals surface area contributed by atoms with Crippen molar-refractivity contribution in [2.45, 2.75) is 6.92 Å². The molecule has 4 heteroatoms. The highest BCUT2D eigenvalue weighted by atomic mass is 16.1. The lowest BCUT2D eigenvalue weighted by Crippen LogP contribution is -2.21. The van der Waals surface area contributed by atoms with Crippen molar-refractivity contribution in [2.24, 2.45) is 5.11 Å². The van der Waals surface area contributed by atoms with Crippen molar-refractivity contribution in [3.05, 3.63) is 17.8 Å². The van der Waals surface area contributed by atoms with Gasteiger partial charge >= 0.3 is 0 Å². The number of amides is 1. The second-order valence-electron chi connectivity index (χ2n) is 2.38. The maximum Gasteiger partial charge on any atom is 0.255 e. The average Bonchev–Trinajstić information content (AvgIpc) is 2.28. The van der Waals surface area contributed by atoms with E-state index in [0.717, 1.165) is 6.04 Å². The summed E-state index contributed by atoms with van der Waals surface area (Å²) >= 11 is 0. The van der Waals surface area contributed by atoms with Gasteiger partial charge in [-0.1, -0.05) is 4.70 Å². The number of hydrogen-bond donors (Lipinski definition) is 1. The van der Waals surface area contributed by atoms with E-state index in [1.807, 2.05) is 6.92 Å². The van der Waals surface area contributed by atoms with Crippen molar-refractivity contribution in [1.82, 2.24) is 5.32 Å². The van der Waals surface area contributed by atoms with Crippen LogP contribution in [0, 0.1) is 6.04 Å². The van der Waals surface area contributed by atoms with Gasteiger partial charge in [0.15, 0.2) is 13.1 Å². The third-order valence-electron chi connectivity index (χ3n) is 1.49. The number of hydrogen-bond acceptors (Lipinski definition) is 2. The van der Waals surface area contributed by atoms with E-state index >= 15 is 0 Å². The Balaban J connectivity index is 2.78. The standard InChI is InChI=1S/C7H10N3O/c1-5-6(7(11)8-2)4-10(3)9-5/h4H,1-3H3/p+1. The van der Waals surface area contributed by atoms with Gasteiger partial charge in [0.1, 0.15) is 5.57 Å². The van der Waals surface area contributed by atoms with E-state index in [1.54, 1.807) is 25.0 Å². The van der Waals surface area contributed by atoms with E-state index in [1.165, 1.54) is 0 Å². The molecule has 0 fully saturated rings. The molecular formula is C7H11N3O+. The Kier molecular flexibility index (Phi) is 2.03. The smallest absolute Gasteiger partial charge is 0.255 e. The van der Waals surface area contributed by atoms with E-state index in [9.17, 15) is 4.79 Å². The summed E-state index contributed by atoms with van der Waals surface area (Å²) in [5, 5.41) is 6.58. The summed E-state index contributed by atoms with van der Waals surface area (Å²) in [6.07, 6.45) is 1.70. The molecule has 1 aliphatic heterocycles. The molecule has 11 heavy (non-hydrogen) atoms. The molecule has 1 N–H and O–H groups in total. The number of azo groups is 2. The summed E-state index contributed by atoms with van der Waals surface area (Å²) in [5.41, 5.74) is 0.634. The van der Waals surface area contributed by atoms with Crippen LogP contribution in [0.2, 0.25) is 0 Å². The molecule has 0 aromatic rings. The van der Waals surface area contributed by atoms with Crippen LogP contribution in [0.3, 0.4) is 0 Å². The quantitative estimate of drug-likeness (QED) is 0.540. The molecule has 0 unspecified atom stereocenters. The molecule has 0 aromatic carbocycles. The van der Waals surface area contributed by atoms with E-state index < -0.39 is 0 Å². The zero-order valence-corrected chi connectivity index (χ0v) is 6.88. The highest BCUT2D eigenvalue weighted by molar-refractivity contribution is 5.96. The van der Waals surface area contributed by atoms with Crippen LogP contribution in [0.1, 0.15) is 6.92 Å². The summed E-state index contributed by atoms with van der Waals surface area (Å²) < 4.78 is 1.62. The molecule has 0 bridgehead atoms. The number of carbonyl (C=O) groups excluding carboxylic acids is 1. The molecule has 0 aromatic heterocycles. The normalized spacial score (nSPS) is 17.7. The molecule has 59 valence electrons. The minimum absolute atomic E-state index is 0.0874. The summed E-state index contributed by atoms with van der Waals surface area (Å²) in [5.74, 6) is -0.0874. The fraction of sp³-hybridized carbons (Fsp3) is 0.429. The van der Waals surface area contributed by atoms with Crippen LogP contribution in [0.15, 0.2) is 16.9 Å². The molecule has 1 radical (unpaired) electrons. The zero-order valence-electron chi connectivity index (χ0n) is 6.88.